The summed E-state index contributed by atoms with van der Waals surface area (Å²) in [6.45, 7) is 0. The van der Waals surface area contributed by atoms with Crippen molar-refractivity contribution in [1.82, 2.24) is 15.0 Å². The lowest BCUT2D eigenvalue weighted by Crippen LogP contribution is -2.25. The lowest BCUT2D eigenvalue weighted by atomic mass is 9.70. The van der Waals surface area contributed by atoms with Crippen LogP contribution in [0.3, 0.4) is 0 Å². The fourth-order valence-corrected chi connectivity index (χ4v) is 9.03. The Morgan fingerprint density at radius 3 is 1.25 bits per heavy atom. The first-order chi connectivity index (χ1) is 27.3. The van der Waals surface area contributed by atoms with Gasteiger partial charge in [0.2, 0.25) is 0 Å². The van der Waals surface area contributed by atoms with Crippen molar-refractivity contribution in [1.29, 1.82) is 0 Å². The van der Waals surface area contributed by atoms with E-state index in [0.717, 1.165) is 33.4 Å². The molecule has 3 heteroatoms. The largest absolute Gasteiger partial charge is 0.208 e. The Balaban J connectivity index is 1.09. The van der Waals surface area contributed by atoms with E-state index in [1.54, 1.807) is 0 Å². The van der Waals surface area contributed by atoms with Gasteiger partial charge in [-0.2, -0.15) is 0 Å². The molecule has 11 rings (SSSR count). The van der Waals surface area contributed by atoms with Gasteiger partial charge in [0.1, 0.15) is 0 Å². The normalized spacial score (nSPS) is 12.9. The topological polar surface area (TPSA) is 38.7 Å². The highest BCUT2D eigenvalue weighted by Crippen LogP contribution is 2.63. The molecule has 0 bridgehead atoms. The second-order valence-electron chi connectivity index (χ2n) is 14.3. The molecule has 1 heterocycles. The molecular weight excluding hydrogens is 667 g/mol. The number of hydrogen-bond acceptors (Lipinski definition) is 3. The van der Waals surface area contributed by atoms with Crippen LogP contribution in [0.4, 0.5) is 0 Å². The zero-order chi connectivity index (χ0) is 36.3. The first-order valence-electron chi connectivity index (χ1n) is 18.8. The molecule has 8 aromatic carbocycles. The van der Waals surface area contributed by atoms with E-state index in [4.69, 9.17) is 15.0 Å². The lowest BCUT2D eigenvalue weighted by Gasteiger charge is -2.30. The molecular formula is C52H33N3. The van der Waals surface area contributed by atoms with Gasteiger partial charge in [0, 0.05) is 16.7 Å². The molecule has 0 radical (unpaired) electrons. The number of rotatable bonds is 5. The fraction of sp³-hybridized carbons (Fsp3) is 0.0192. The van der Waals surface area contributed by atoms with E-state index in [2.05, 4.69) is 176 Å². The number of nitrogens with zero attached hydrogens (tertiary/aromatic N) is 3. The number of aromatic nitrogens is 3. The molecule has 256 valence electrons. The average Bonchev–Trinajstić information content (AvgIpc) is 3.75. The van der Waals surface area contributed by atoms with E-state index < -0.39 is 5.41 Å². The molecule has 9 aromatic rings. The summed E-state index contributed by atoms with van der Waals surface area (Å²) in [5.74, 6) is 1.92. The highest BCUT2D eigenvalue weighted by Gasteiger charge is 2.51. The van der Waals surface area contributed by atoms with Gasteiger partial charge in [-0.25, -0.2) is 15.0 Å². The van der Waals surface area contributed by atoms with E-state index in [1.165, 1.54) is 50.1 Å². The van der Waals surface area contributed by atoms with Gasteiger partial charge in [0.15, 0.2) is 17.5 Å². The number of benzene rings is 8. The maximum absolute atomic E-state index is 5.16. The third-order valence-electron chi connectivity index (χ3n) is 11.3. The molecule has 1 spiro atoms. The van der Waals surface area contributed by atoms with Gasteiger partial charge in [-0.3, -0.25) is 0 Å². The van der Waals surface area contributed by atoms with Crippen LogP contribution in [-0.4, -0.2) is 15.0 Å². The maximum Gasteiger partial charge on any atom is 0.164 e. The molecule has 0 N–H and O–H groups in total. The minimum Gasteiger partial charge on any atom is -0.208 e. The predicted octanol–water partition coefficient (Wildman–Crippen LogP) is 12.6. The molecule has 0 amide bonds. The molecule has 0 saturated heterocycles. The standard InChI is InChI=1S/C52H33N3/c1-3-16-34(17-4-1)36-20-13-22-38(32-36)50-53-49(35-18-5-2-6-19-35)54-51(55-50)39-23-14-21-37(33-39)40-27-15-31-47-48(40)43-26-9-12-30-46(43)52(47)44-28-10-7-24-41(44)42-25-8-11-29-45(42)52/h1-33H. The zero-order valence-electron chi connectivity index (χ0n) is 29.9. The Kier molecular flexibility index (Phi) is 7.08. The quantitative estimate of drug-likeness (QED) is 0.179. The summed E-state index contributed by atoms with van der Waals surface area (Å²) in [7, 11) is 0. The van der Waals surface area contributed by atoms with E-state index in [-0.39, 0.29) is 0 Å². The van der Waals surface area contributed by atoms with E-state index in [0.29, 0.717) is 17.5 Å². The summed E-state index contributed by atoms with van der Waals surface area (Å²) in [4.78, 5) is 15.3. The lowest BCUT2D eigenvalue weighted by molar-refractivity contribution is 0.794. The summed E-state index contributed by atoms with van der Waals surface area (Å²) in [5.41, 5.74) is 17.5. The average molecular weight is 700 g/mol. The SMILES string of the molecule is c1ccc(-c2cccc(-c3nc(-c4ccccc4)nc(-c4cccc(-c5cccc6c5-c5ccccc5C65c6ccccc6-c6ccccc65)c4)n3)c2)cc1. The van der Waals surface area contributed by atoms with Gasteiger partial charge >= 0.3 is 0 Å². The van der Waals surface area contributed by atoms with E-state index >= 15 is 0 Å². The third kappa shape index (κ3) is 4.80. The minimum absolute atomic E-state index is 0.394. The Labute approximate surface area is 320 Å². The monoisotopic (exact) mass is 699 g/mol. The zero-order valence-corrected chi connectivity index (χ0v) is 29.9. The van der Waals surface area contributed by atoms with Crippen LogP contribution >= 0.6 is 0 Å². The maximum atomic E-state index is 5.16. The molecule has 1 aromatic heterocycles. The Morgan fingerprint density at radius 2 is 0.636 bits per heavy atom. The predicted molar refractivity (Wildman–Crippen MR) is 223 cm³/mol. The third-order valence-corrected chi connectivity index (χ3v) is 11.3. The first kappa shape index (κ1) is 31.3. The summed E-state index contributed by atoms with van der Waals surface area (Å²) >= 11 is 0. The first-order valence-corrected chi connectivity index (χ1v) is 18.8. The van der Waals surface area contributed by atoms with Crippen LogP contribution in [0.1, 0.15) is 22.3 Å². The van der Waals surface area contributed by atoms with Crippen molar-refractivity contribution in [3.63, 3.8) is 0 Å². The van der Waals surface area contributed by atoms with Gasteiger partial charge in [-0.15, -0.1) is 0 Å². The smallest absolute Gasteiger partial charge is 0.164 e. The van der Waals surface area contributed by atoms with Gasteiger partial charge in [-0.05, 0) is 78.9 Å². The Hall–Kier alpha value is -7.23. The van der Waals surface area contributed by atoms with Crippen molar-refractivity contribution in [3.05, 3.63) is 222 Å². The van der Waals surface area contributed by atoms with Gasteiger partial charge in [0.05, 0.1) is 5.41 Å². The van der Waals surface area contributed by atoms with Gasteiger partial charge in [-0.1, -0.05) is 188 Å². The van der Waals surface area contributed by atoms with Crippen molar-refractivity contribution in [3.8, 4) is 78.7 Å². The van der Waals surface area contributed by atoms with Crippen LogP contribution in [0.2, 0.25) is 0 Å². The molecule has 2 aliphatic rings. The number of hydrogen-bond donors (Lipinski definition) is 0. The summed E-state index contributed by atoms with van der Waals surface area (Å²) in [6, 6.07) is 71.5. The minimum atomic E-state index is -0.394. The second-order valence-corrected chi connectivity index (χ2v) is 14.3. The molecule has 0 unspecified atom stereocenters. The second kappa shape index (κ2) is 12.4. The van der Waals surface area contributed by atoms with Crippen LogP contribution in [0.25, 0.3) is 78.7 Å². The van der Waals surface area contributed by atoms with Gasteiger partial charge < -0.3 is 0 Å². The van der Waals surface area contributed by atoms with Crippen molar-refractivity contribution in [2.45, 2.75) is 5.41 Å². The highest BCUT2D eigenvalue weighted by molar-refractivity contribution is 6.00. The highest BCUT2D eigenvalue weighted by atomic mass is 15.0. The van der Waals surface area contributed by atoms with Crippen molar-refractivity contribution >= 4 is 0 Å². The van der Waals surface area contributed by atoms with Crippen LogP contribution < -0.4 is 0 Å². The van der Waals surface area contributed by atoms with Crippen LogP contribution in [-0.2, 0) is 5.41 Å². The molecule has 0 atom stereocenters. The molecule has 3 nitrogen and oxygen atoms in total. The van der Waals surface area contributed by atoms with E-state index in [9.17, 15) is 0 Å². The van der Waals surface area contributed by atoms with Crippen LogP contribution in [0, 0.1) is 0 Å². The van der Waals surface area contributed by atoms with Crippen LogP contribution in [0.15, 0.2) is 200 Å². The molecule has 0 aliphatic heterocycles. The molecule has 0 fully saturated rings. The molecule has 55 heavy (non-hydrogen) atoms. The summed E-state index contributed by atoms with van der Waals surface area (Å²) in [6.07, 6.45) is 0. The molecule has 2 aliphatic carbocycles. The summed E-state index contributed by atoms with van der Waals surface area (Å²) < 4.78 is 0. The Morgan fingerprint density at radius 1 is 0.255 bits per heavy atom. The number of fused-ring (bicyclic) bond motifs is 10. The van der Waals surface area contributed by atoms with E-state index in [1.807, 2.05) is 24.3 Å². The summed E-state index contributed by atoms with van der Waals surface area (Å²) in [5, 5.41) is 0. The molecule has 0 saturated carbocycles. The van der Waals surface area contributed by atoms with Crippen LogP contribution in [0.5, 0.6) is 0 Å². The van der Waals surface area contributed by atoms with Crippen molar-refractivity contribution in [2.24, 2.45) is 0 Å². The fourth-order valence-electron chi connectivity index (χ4n) is 9.03. The Bertz CT molecular complexity index is 2890. The van der Waals surface area contributed by atoms with Crippen molar-refractivity contribution < 1.29 is 0 Å². The van der Waals surface area contributed by atoms with Gasteiger partial charge in [0.25, 0.3) is 0 Å². The van der Waals surface area contributed by atoms with Crippen molar-refractivity contribution in [2.75, 3.05) is 0 Å².